The number of hydrogen-bond acceptors (Lipinski definition) is 3. The van der Waals surface area contributed by atoms with Gasteiger partial charge >= 0.3 is 0 Å². The van der Waals surface area contributed by atoms with Crippen molar-refractivity contribution < 1.29 is 0 Å². The molecule has 60 valence electrons. The monoisotopic (exact) mass is 169 g/mol. The Morgan fingerprint density at radius 1 is 1.55 bits per heavy atom. The van der Waals surface area contributed by atoms with Crippen LogP contribution in [0.1, 0.15) is 11.3 Å². The van der Waals surface area contributed by atoms with Crippen LogP contribution in [-0.4, -0.2) is 16.0 Å². The Morgan fingerprint density at radius 3 is 3.09 bits per heavy atom. The van der Waals surface area contributed by atoms with E-state index in [0.29, 0.717) is 0 Å². The highest BCUT2D eigenvalue weighted by atomic mass is 32.2. The Kier molecular flexibility index (Phi) is 1.65. The van der Waals surface area contributed by atoms with Gasteiger partial charge in [-0.3, -0.25) is 4.68 Å². The van der Waals surface area contributed by atoms with Crippen LogP contribution >= 0.6 is 11.8 Å². The first-order valence-corrected chi connectivity index (χ1v) is 4.85. The molecule has 0 bridgehead atoms. The molecule has 1 aromatic rings. The molecule has 2 rings (SSSR count). The van der Waals surface area contributed by atoms with E-state index in [2.05, 4.69) is 16.7 Å². The van der Waals surface area contributed by atoms with Crippen LogP contribution in [0.5, 0.6) is 0 Å². The number of thioether (sulfide) groups is 1. The van der Waals surface area contributed by atoms with Crippen molar-refractivity contribution in [1.29, 1.82) is 0 Å². The van der Waals surface area contributed by atoms with Gasteiger partial charge in [-0.25, -0.2) is 0 Å². The van der Waals surface area contributed by atoms with Crippen molar-refractivity contribution in [2.24, 2.45) is 7.05 Å². The fourth-order valence-corrected chi connectivity index (χ4v) is 2.23. The summed E-state index contributed by atoms with van der Waals surface area (Å²) in [5.41, 5.74) is 2.61. The molecule has 0 spiro atoms. The molecule has 3 nitrogen and oxygen atoms in total. The molecular weight excluding hydrogens is 158 g/mol. The lowest BCUT2D eigenvalue weighted by Gasteiger charge is -1.98. The SMILES string of the molecule is CSc1c2c(nn1C)CNC2. The van der Waals surface area contributed by atoms with Crippen LogP contribution in [0.3, 0.4) is 0 Å². The average Bonchev–Trinajstić information content (AvgIpc) is 2.46. The second kappa shape index (κ2) is 2.53. The zero-order chi connectivity index (χ0) is 7.84. The molecule has 0 unspecified atom stereocenters. The van der Waals surface area contributed by atoms with E-state index in [4.69, 9.17) is 0 Å². The van der Waals surface area contributed by atoms with Crippen LogP contribution in [-0.2, 0) is 20.1 Å². The largest absolute Gasteiger partial charge is 0.307 e. The maximum atomic E-state index is 4.40. The highest BCUT2D eigenvalue weighted by molar-refractivity contribution is 7.98. The van der Waals surface area contributed by atoms with E-state index in [9.17, 15) is 0 Å². The predicted molar refractivity (Wildman–Crippen MR) is 45.5 cm³/mol. The van der Waals surface area contributed by atoms with E-state index in [1.54, 1.807) is 11.8 Å². The van der Waals surface area contributed by atoms with Crippen LogP contribution in [0.15, 0.2) is 5.03 Å². The predicted octanol–water partition coefficient (Wildman–Crippen LogP) is 0.745. The van der Waals surface area contributed by atoms with Crippen molar-refractivity contribution in [3.63, 3.8) is 0 Å². The van der Waals surface area contributed by atoms with Gasteiger partial charge in [-0.2, -0.15) is 5.10 Å². The zero-order valence-corrected chi connectivity index (χ0v) is 7.53. The summed E-state index contributed by atoms with van der Waals surface area (Å²) in [4.78, 5) is 0. The first kappa shape index (κ1) is 7.18. The van der Waals surface area contributed by atoms with Gasteiger partial charge < -0.3 is 5.32 Å². The summed E-state index contributed by atoms with van der Waals surface area (Å²) in [5.74, 6) is 0. The van der Waals surface area contributed by atoms with Gasteiger partial charge in [0.1, 0.15) is 0 Å². The Morgan fingerprint density at radius 2 is 2.36 bits per heavy atom. The summed E-state index contributed by atoms with van der Waals surface area (Å²) in [6, 6.07) is 0. The summed E-state index contributed by atoms with van der Waals surface area (Å²) in [6.45, 7) is 1.92. The second-order valence-electron chi connectivity index (χ2n) is 2.66. The Bertz CT molecular complexity index is 279. The van der Waals surface area contributed by atoms with Crippen molar-refractivity contribution in [2.75, 3.05) is 6.26 Å². The van der Waals surface area contributed by atoms with Crippen molar-refractivity contribution in [3.05, 3.63) is 11.3 Å². The Balaban J connectivity index is 2.52. The van der Waals surface area contributed by atoms with E-state index in [-0.39, 0.29) is 0 Å². The van der Waals surface area contributed by atoms with E-state index in [1.807, 2.05) is 11.7 Å². The standard InChI is InChI=1S/C7H11N3S/c1-10-7(11-2)5-3-8-4-6(5)9-10/h8H,3-4H2,1-2H3. The maximum absolute atomic E-state index is 4.40. The second-order valence-corrected chi connectivity index (χ2v) is 3.46. The summed E-state index contributed by atoms with van der Waals surface area (Å²) >= 11 is 1.77. The van der Waals surface area contributed by atoms with Crippen LogP contribution in [0.2, 0.25) is 0 Å². The fourth-order valence-electron chi connectivity index (χ4n) is 1.49. The minimum absolute atomic E-state index is 0.934. The van der Waals surface area contributed by atoms with Crippen LogP contribution in [0.4, 0.5) is 0 Å². The topological polar surface area (TPSA) is 29.9 Å². The molecule has 1 aliphatic rings. The molecule has 1 aromatic heterocycles. The number of aromatic nitrogens is 2. The van der Waals surface area contributed by atoms with Gasteiger partial charge in [-0.15, -0.1) is 11.8 Å². The molecule has 0 aliphatic carbocycles. The molecule has 0 saturated carbocycles. The number of nitrogens with zero attached hydrogens (tertiary/aromatic N) is 2. The van der Waals surface area contributed by atoms with E-state index < -0.39 is 0 Å². The van der Waals surface area contributed by atoms with Crippen LogP contribution in [0, 0.1) is 0 Å². The minimum Gasteiger partial charge on any atom is -0.307 e. The number of aryl methyl sites for hydroxylation is 1. The third kappa shape index (κ3) is 0.973. The maximum Gasteiger partial charge on any atom is 0.0982 e. The lowest BCUT2D eigenvalue weighted by molar-refractivity contribution is 0.642. The molecule has 0 fully saturated rings. The highest BCUT2D eigenvalue weighted by Gasteiger charge is 2.19. The van der Waals surface area contributed by atoms with Gasteiger partial charge in [0.25, 0.3) is 0 Å². The fraction of sp³-hybridized carbons (Fsp3) is 0.571. The number of nitrogens with one attached hydrogen (secondary N) is 1. The van der Waals surface area contributed by atoms with Crippen LogP contribution in [0.25, 0.3) is 0 Å². The van der Waals surface area contributed by atoms with Gasteiger partial charge in [0.05, 0.1) is 10.7 Å². The normalized spacial score (nSPS) is 15.5. The number of hydrogen-bond donors (Lipinski definition) is 1. The van der Waals surface area contributed by atoms with Crippen molar-refractivity contribution >= 4 is 11.8 Å². The van der Waals surface area contributed by atoms with Crippen LogP contribution < -0.4 is 5.32 Å². The third-order valence-corrected chi connectivity index (χ3v) is 2.86. The molecule has 0 atom stereocenters. The zero-order valence-electron chi connectivity index (χ0n) is 6.72. The first-order chi connectivity index (χ1) is 5.33. The Labute approximate surface area is 70.2 Å². The molecule has 1 aliphatic heterocycles. The van der Waals surface area contributed by atoms with Gasteiger partial charge in [0.2, 0.25) is 0 Å². The minimum atomic E-state index is 0.934. The van der Waals surface area contributed by atoms with Gasteiger partial charge in [0.15, 0.2) is 0 Å². The lowest BCUT2D eigenvalue weighted by atomic mass is 10.3. The van der Waals surface area contributed by atoms with Crippen molar-refractivity contribution in [1.82, 2.24) is 15.1 Å². The molecule has 0 saturated heterocycles. The van der Waals surface area contributed by atoms with E-state index in [0.717, 1.165) is 13.1 Å². The Hall–Kier alpha value is -0.480. The summed E-state index contributed by atoms with van der Waals surface area (Å²) in [5, 5.41) is 8.97. The van der Waals surface area contributed by atoms with Gasteiger partial charge in [-0.05, 0) is 6.26 Å². The third-order valence-electron chi connectivity index (χ3n) is 1.96. The molecule has 0 amide bonds. The molecule has 0 radical (unpaired) electrons. The lowest BCUT2D eigenvalue weighted by Crippen LogP contribution is -2.05. The molecular formula is C7H11N3S. The number of rotatable bonds is 1. The summed E-state index contributed by atoms with van der Waals surface area (Å²) in [7, 11) is 2.00. The summed E-state index contributed by atoms with van der Waals surface area (Å²) < 4.78 is 1.97. The van der Waals surface area contributed by atoms with E-state index >= 15 is 0 Å². The average molecular weight is 169 g/mol. The molecule has 0 aromatic carbocycles. The number of fused-ring (bicyclic) bond motifs is 1. The molecule has 11 heavy (non-hydrogen) atoms. The highest BCUT2D eigenvalue weighted by Crippen LogP contribution is 2.25. The quantitative estimate of drug-likeness (QED) is 0.629. The smallest absolute Gasteiger partial charge is 0.0982 e. The first-order valence-electron chi connectivity index (χ1n) is 3.62. The van der Waals surface area contributed by atoms with Crippen molar-refractivity contribution in [3.8, 4) is 0 Å². The van der Waals surface area contributed by atoms with Crippen molar-refractivity contribution in [2.45, 2.75) is 18.1 Å². The van der Waals surface area contributed by atoms with E-state index in [1.165, 1.54) is 16.3 Å². The molecule has 4 heteroatoms. The molecule has 2 heterocycles. The molecule has 1 N–H and O–H groups in total. The van der Waals surface area contributed by atoms with Gasteiger partial charge in [0, 0.05) is 25.7 Å². The van der Waals surface area contributed by atoms with Gasteiger partial charge in [-0.1, -0.05) is 0 Å². The summed E-state index contributed by atoms with van der Waals surface area (Å²) in [6.07, 6.45) is 2.09.